The summed E-state index contributed by atoms with van der Waals surface area (Å²) in [5.74, 6) is -2.02. The summed E-state index contributed by atoms with van der Waals surface area (Å²) in [6, 6.07) is 10.5. The van der Waals surface area contributed by atoms with E-state index < -0.39 is 11.9 Å². The van der Waals surface area contributed by atoms with Crippen LogP contribution in [-0.4, -0.2) is 34.5 Å². The minimum Gasteiger partial charge on any atom is -0.493 e. The molecule has 184 valence electrons. The van der Waals surface area contributed by atoms with Crippen molar-refractivity contribution in [2.45, 2.75) is 77.6 Å². The van der Waals surface area contributed by atoms with Crippen molar-refractivity contribution in [2.24, 2.45) is 0 Å². The SMILES string of the molecule is CCCCCCCCCCCCOc1ccc(C(=O)c2cccc(C(=O)O)c2)cc1CC(=O)O. The highest BCUT2D eigenvalue weighted by molar-refractivity contribution is 6.10. The molecule has 0 spiro atoms. The first-order chi connectivity index (χ1) is 16.4. The summed E-state index contributed by atoms with van der Waals surface area (Å²) in [7, 11) is 0. The Bertz CT molecular complexity index is 950. The molecule has 0 aliphatic rings. The first kappa shape index (κ1) is 27.1. The van der Waals surface area contributed by atoms with E-state index >= 15 is 0 Å². The maximum absolute atomic E-state index is 12.8. The number of carbonyl (C=O) groups excluding carboxylic acids is 1. The van der Waals surface area contributed by atoms with Gasteiger partial charge in [0.2, 0.25) is 0 Å². The molecule has 0 aromatic heterocycles. The Morgan fingerprint density at radius 1 is 0.735 bits per heavy atom. The van der Waals surface area contributed by atoms with Gasteiger partial charge in [0.15, 0.2) is 5.78 Å². The third kappa shape index (κ3) is 9.38. The lowest BCUT2D eigenvalue weighted by atomic mass is 9.98. The van der Waals surface area contributed by atoms with Gasteiger partial charge in [-0.15, -0.1) is 0 Å². The van der Waals surface area contributed by atoms with E-state index in [1.54, 1.807) is 18.2 Å². The summed E-state index contributed by atoms with van der Waals surface area (Å²) in [5, 5.41) is 18.4. The number of unbranched alkanes of at least 4 members (excludes halogenated alkanes) is 9. The van der Waals surface area contributed by atoms with Crippen LogP contribution >= 0.6 is 0 Å². The van der Waals surface area contributed by atoms with Crippen LogP contribution in [0.25, 0.3) is 0 Å². The minimum absolute atomic E-state index is 0.0213. The Labute approximate surface area is 202 Å². The molecule has 6 heteroatoms. The third-order valence-corrected chi connectivity index (χ3v) is 5.79. The van der Waals surface area contributed by atoms with Crippen molar-refractivity contribution < 1.29 is 29.3 Å². The van der Waals surface area contributed by atoms with Gasteiger partial charge in [0.1, 0.15) is 5.75 Å². The molecule has 0 bridgehead atoms. The van der Waals surface area contributed by atoms with Gasteiger partial charge in [0, 0.05) is 16.7 Å². The Hall–Kier alpha value is -3.15. The quantitative estimate of drug-likeness (QED) is 0.202. The maximum atomic E-state index is 12.8. The number of aliphatic carboxylic acids is 1. The average Bonchev–Trinajstić information content (AvgIpc) is 2.82. The first-order valence-electron chi connectivity index (χ1n) is 12.3. The van der Waals surface area contributed by atoms with Crippen LogP contribution in [-0.2, 0) is 11.2 Å². The molecule has 2 aromatic rings. The van der Waals surface area contributed by atoms with Crippen LogP contribution in [0.3, 0.4) is 0 Å². The monoisotopic (exact) mass is 468 g/mol. The number of ether oxygens (including phenoxy) is 1. The second-order valence-electron chi connectivity index (χ2n) is 8.64. The number of hydrogen-bond donors (Lipinski definition) is 2. The Morgan fingerprint density at radius 2 is 1.32 bits per heavy atom. The molecule has 2 N–H and O–H groups in total. The highest BCUT2D eigenvalue weighted by Crippen LogP contribution is 2.24. The lowest BCUT2D eigenvalue weighted by molar-refractivity contribution is -0.136. The van der Waals surface area contributed by atoms with Gasteiger partial charge in [0.25, 0.3) is 0 Å². The predicted molar refractivity (Wildman–Crippen MR) is 132 cm³/mol. The van der Waals surface area contributed by atoms with Gasteiger partial charge in [-0.25, -0.2) is 4.79 Å². The molecule has 0 saturated heterocycles. The number of aromatic carboxylic acids is 1. The largest absolute Gasteiger partial charge is 0.493 e. The molecule has 0 amide bonds. The van der Waals surface area contributed by atoms with Crippen molar-refractivity contribution in [3.8, 4) is 5.75 Å². The highest BCUT2D eigenvalue weighted by Gasteiger charge is 2.16. The zero-order chi connectivity index (χ0) is 24.8. The first-order valence-corrected chi connectivity index (χ1v) is 12.3. The van der Waals surface area contributed by atoms with Crippen molar-refractivity contribution >= 4 is 17.7 Å². The van der Waals surface area contributed by atoms with Crippen LogP contribution in [0.5, 0.6) is 5.75 Å². The molecule has 34 heavy (non-hydrogen) atoms. The molecular formula is C28H36O6. The van der Waals surface area contributed by atoms with Gasteiger partial charge in [-0.1, -0.05) is 76.8 Å². The normalized spacial score (nSPS) is 10.7. The second kappa shape index (κ2) is 14.9. The molecule has 6 nitrogen and oxygen atoms in total. The number of benzene rings is 2. The number of ketones is 1. The Morgan fingerprint density at radius 3 is 1.94 bits per heavy atom. The molecule has 0 unspecified atom stereocenters. The van der Waals surface area contributed by atoms with E-state index in [0.29, 0.717) is 23.5 Å². The van der Waals surface area contributed by atoms with Crippen molar-refractivity contribution in [2.75, 3.05) is 6.61 Å². The minimum atomic E-state index is -1.11. The van der Waals surface area contributed by atoms with Crippen LogP contribution < -0.4 is 4.74 Å². The summed E-state index contributed by atoms with van der Waals surface area (Å²) in [5.41, 5.74) is 0.984. The summed E-state index contributed by atoms with van der Waals surface area (Å²) < 4.78 is 5.85. The van der Waals surface area contributed by atoms with Gasteiger partial charge in [-0.2, -0.15) is 0 Å². The third-order valence-electron chi connectivity index (χ3n) is 5.79. The number of carboxylic acid groups (broad SMARTS) is 2. The van der Waals surface area contributed by atoms with Crippen molar-refractivity contribution in [1.82, 2.24) is 0 Å². The summed E-state index contributed by atoms with van der Waals surface area (Å²) >= 11 is 0. The fraction of sp³-hybridized carbons (Fsp3) is 0.464. The second-order valence-corrected chi connectivity index (χ2v) is 8.64. The molecule has 0 heterocycles. The average molecular weight is 469 g/mol. The van der Waals surface area contributed by atoms with Gasteiger partial charge in [0.05, 0.1) is 18.6 Å². The molecule has 0 saturated carbocycles. The van der Waals surface area contributed by atoms with Crippen molar-refractivity contribution in [3.63, 3.8) is 0 Å². The van der Waals surface area contributed by atoms with Crippen LogP contribution in [0.4, 0.5) is 0 Å². The fourth-order valence-electron chi connectivity index (χ4n) is 3.89. The van der Waals surface area contributed by atoms with Crippen LogP contribution in [0, 0.1) is 0 Å². The van der Waals surface area contributed by atoms with Gasteiger partial charge in [-0.3, -0.25) is 9.59 Å². The van der Waals surface area contributed by atoms with E-state index in [1.807, 2.05) is 0 Å². The van der Waals surface area contributed by atoms with E-state index in [1.165, 1.54) is 75.6 Å². The Kier molecular flexibility index (Phi) is 11.9. The van der Waals surface area contributed by atoms with Crippen LogP contribution in [0.15, 0.2) is 42.5 Å². The number of carbonyl (C=O) groups is 3. The molecule has 0 radical (unpaired) electrons. The number of carboxylic acids is 2. The molecule has 0 atom stereocenters. The van der Waals surface area contributed by atoms with E-state index in [2.05, 4.69) is 6.92 Å². The molecule has 0 aliphatic carbocycles. The van der Waals surface area contributed by atoms with Gasteiger partial charge < -0.3 is 14.9 Å². The zero-order valence-corrected chi connectivity index (χ0v) is 20.1. The van der Waals surface area contributed by atoms with E-state index in [-0.39, 0.29) is 23.3 Å². The lowest BCUT2D eigenvalue weighted by Crippen LogP contribution is -2.09. The molecule has 2 rings (SSSR count). The standard InChI is InChI=1S/C28H36O6/c1-2-3-4-5-6-7-8-9-10-11-17-34-25-16-15-22(19-24(25)20-26(29)30)27(31)21-13-12-14-23(18-21)28(32)33/h12-16,18-19H,2-11,17,20H2,1H3,(H,29,30)(H,32,33). The van der Waals surface area contributed by atoms with E-state index in [9.17, 15) is 19.5 Å². The van der Waals surface area contributed by atoms with E-state index in [0.717, 1.165) is 12.8 Å². The summed E-state index contributed by atoms with van der Waals surface area (Å²) in [6.45, 7) is 2.72. The molecule has 0 fully saturated rings. The fourth-order valence-corrected chi connectivity index (χ4v) is 3.89. The van der Waals surface area contributed by atoms with Crippen LogP contribution in [0.2, 0.25) is 0 Å². The van der Waals surface area contributed by atoms with E-state index in [4.69, 9.17) is 9.84 Å². The number of hydrogen-bond acceptors (Lipinski definition) is 4. The predicted octanol–water partition coefficient (Wildman–Crippen LogP) is 6.54. The summed E-state index contributed by atoms with van der Waals surface area (Å²) in [6.07, 6.45) is 11.9. The lowest BCUT2D eigenvalue weighted by Gasteiger charge is -2.12. The zero-order valence-electron chi connectivity index (χ0n) is 20.1. The summed E-state index contributed by atoms with van der Waals surface area (Å²) in [4.78, 5) is 35.4. The highest BCUT2D eigenvalue weighted by atomic mass is 16.5. The van der Waals surface area contributed by atoms with Gasteiger partial charge >= 0.3 is 11.9 Å². The van der Waals surface area contributed by atoms with Crippen molar-refractivity contribution in [1.29, 1.82) is 0 Å². The Balaban J connectivity index is 1.89. The topological polar surface area (TPSA) is 101 Å². The smallest absolute Gasteiger partial charge is 0.335 e. The van der Waals surface area contributed by atoms with Crippen molar-refractivity contribution in [3.05, 3.63) is 64.7 Å². The number of rotatable bonds is 17. The molecule has 0 aliphatic heterocycles. The molecule has 2 aromatic carbocycles. The maximum Gasteiger partial charge on any atom is 0.335 e. The van der Waals surface area contributed by atoms with Gasteiger partial charge in [-0.05, 0) is 36.8 Å². The van der Waals surface area contributed by atoms with Crippen LogP contribution in [0.1, 0.15) is 103 Å². The molecular weight excluding hydrogens is 432 g/mol.